The number of carbonyl (C=O) groups is 2. The van der Waals surface area contributed by atoms with Gasteiger partial charge in [-0.15, -0.1) is 0 Å². The largest absolute Gasteiger partial charge is 0.480 e. The van der Waals surface area contributed by atoms with Crippen LogP contribution in [0.5, 0.6) is 0 Å². The van der Waals surface area contributed by atoms with Crippen LogP contribution in [-0.4, -0.2) is 72.7 Å². The van der Waals surface area contributed by atoms with E-state index in [-0.39, 0.29) is 23.9 Å². The van der Waals surface area contributed by atoms with Gasteiger partial charge in [0.25, 0.3) is 0 Å². The number of nitrogens with two attached hydrogens (primary N) is 2. The number of rotatable bonds is 16. The molecule has 0 spiro atoms. The van der Waals surface area contributed by atoms with E-state index in [0.29, 0.717) is 38.4 Å². The molecular weight excluding hydrogens is 370 g/mol. The number of nitrogens with zero attached hydrogens (tertiary/aromatic N) is 1. The molecule has 0 saturated heterocycles. The number of hydrogen-bond acceptors (Lipinski definition) is 6. The lowest BCUT2D eigenvalue weighted by Crippen LogP contribution is -2.57. The van der Waals surface area contributed by atoms with Gasteiger partial charge in [0.2, 0.25) is 5.91 Å². The maximum Gasteiger partial charge on any atom is 0.326 e. The van der Waals surface area contributed by atoms with Gasteiger partial charge in [0.15, 0.2) is 0 Å². The van der Waals surface area contributed by atoms with Crippen LogP contribution in [0.4, 0.5) is 0 Å². The van der Waals surface area contributed by atoms with E-state index >= 15 is 0 Å². The van der Waals surface area contributed by atoms with E-state index in [0.717, 1.165) is 12.8 Å². The normalized spacial score (nSPS) is 18.0. The second kappa shape index (κ2) is 14.7. The van der Waals surface area contributed by atoms with Crippen LogP contribution in [0, 0.1) is 11.8 Å². The van der Waals surface area contributed by atoms with Crippen LogP contribution in [0.2, 0.25) is 0 Å². The van der Waals surface area contributed by atoms with Crippen LogP contribution in [0.3, 0.4) is 0 Å². The van der Waals surface area contributed by atoms with Gasteiger partial charge in [0.1, 0.15) is 6.04 Å². The summed E-state index contributed by atoms with van der Waals surface area (Å²) in [5, 5.41) is 15.7. The molecule has 1 amide bonds. The summed E-state index contributed by atoms with van der Waals surface area (Å²) in [5.74, 6) is -0.709. The maximum absolute atomic E-state index is 13.0. The van der Waals surface area contributed by atoms with E-state index in [1.165, 1.54) is 0 Å². The summed E-state index contributed by atoms with van der Waals surface area (Å²) < 4.78 is 0. The Hall–Kier alpha value is -1.22. The van der Waals surface area contributed by atoms with E-state index in [4.69, 9.17) is 11.5 Å². The lowest BCUT2D eigenvalue weighted by Gasteiger charge is -2.36. The van der Waals surface area contributed by atoms with Crippen molar-refractivity contribution >= 4 is 11.9 Å². The molecule has 0 rings (SSSR count). The van der Waals surface area contributed by atoms with E-state index < -0.39 is 18.1 Å². The first-order chi connectivity index (χ1) is 13.6. The van der Waals surface area contributed by atoms with Crippen molar-refractivity contribution in [1.29, 1.82) is 0 Å². The summed E-state index contributed by atoms with van der Waals surface area (Å²) in [5.41, 5.74) is 11.6. The Bertz CT molecular complexity index is 477. The fourth-order valence-corrected chi connectivity index (χ4v) is 3.46. The Morgan fingerprint density at radius 1 is 1.10 bits per heavy atom. The van der Waals surface area contributed by atoms with Gasteiger partial charge < -0.3 is 27.2 Å². The minimum atomic E-state index is -0.985. The van der Waals surface area contributed by atoms with Crippen molar-refractivity contribution < 1.29 is 14.7 Å². The number of carboxylic acid groups (broad SMARTS) is 1. The summed E-state index contributed by atoms with van der Waals surface area (Å²) in [6, 6.07) is -1.19. The van der Waals surface area contributed by atoms with E-state index in [9.17, 15) is 14.7 Å². The zero-order chi connectivity index (χ0) is 22.6. The zero-order valence-corrected chi connectivity index (χ0v) is 19.3. The van der Waals surface area contributed by atoms with E-state index in [2.05, 4.69) is 24.5 Å². The Labute approximate surface area is 177 Å². The van der Waals surface area contributed by atoms with Gasteiger partial charge >= 0.3 is 5.97 Å². The molecule has 172 valence electrons. The first kappa shape index (κ1) is 27.8. The molecule has 0 aromatic heterocycles. The van der Waals surface area contributed by atoms with Crippen LogP contribution < -0.4 is 22.1 Å². The van der Waals surface area contributed by atoms with Crippen LogP contribution >= 0.6 is 0 Å². The number of carbonyl (C=O) groups excluding carboxylic acids is 1. The molecule has 0 fully saturated rings. The lowest BCUT2D eigenvalue weighted by atomic mass is 9.93. The molecule has 0 radical (unpaired) electrons. The summed E-state index contributed by atoms with van der Waals surface area (Å²) in [6.45, 7) is 12.0. The van der Waals surface area contributed by atoms with E-state index in [1.54, 1.807) is 0 Å². The molecule has 0 aromatic rings. The van der Waals surface area contributed by atoms with Crippen molar-refractivity contribution in [3.8, 4) is 0 Å². The molecule has 3 unspecified atom stereocenters. The number of hydrogen-bond donors (Lipinski definition) is 5. The fourth-order valence-electron chi connectivity index (χ4n) is 3.46. The average molecular weight is 416 g/mol. The standard InChI is InChI=1S/C21H45N5O3/c1-7-10-17(21(28)29)25-20(27)19(15(5)9-3)26(6)13-18(14(4)8-2)24-12-16(23)11-22/h14-19,24H,7-13,22-23H2,1-6H3,(H,25,27)(H,28,29)/t14?,15?,16-,17-,18+,19?/m0/s1. The van der Waals surface area contributed by atoms with Crippen molar-refractivity contribution in [3.05, 3.63) is 0 Å². The topological polar surface area (TPSA) is 134 Å². The first-order valence-corrected chi connectivity index (χ1v) is 11.0. The van der Waals surface area contributed by atoms with Crippen molar-refractivity contribution in [1.82, 2.24) is 15.5 Å². The van der Waals surface area contributed by atoms with Gasteiger partial charge in [-0.1, -0.05) is 53.9 Å². The Morgan fingerprint density at radius 3 is 2.14 bits per heavy atom. The fraction of sp³-hybridized carbons (Fsp3) is 0.905. The van der Waals surface area contributed by atoms with Crippen LogP contribution in [0.25, 0.3) is 0 Å². The summed E-state index contributed by atoms with van der Waals surface area (Å²) in [6.07, 6.45) is 2.95. The molecule has 0 saturated carbocycles. The molecule has 0 heterocycles. The Morgan fingerprint density at radius 2 is 1.69 bits per heavy atom. The number of aliphatic carboxylic acids is 1. The van der Waals surface area contributed by atoms with Crippen molar-refractivity contribution in [3.63, 3.8) is 0 Å². The number of amides is 1. The van der Waals surface area contributed by atoms with Gasteiger partial charge in [-0.05, 0) is 25.3 Å². The average Bonchev–Trinajstić information content (AvgIpc) is 2.69. The summed E-state index contributed by atoms with van der Waals surface area (Å²) in [4.78, 5) is 26.6. The Balaban J connectivity index is 5.34. The quantitative estimate of drug-likeness (QED) is 0.254. The van der Waals surface area contributed by atoms with Crippen LogP contribution in [0.1, 0.15) is 60.3 Å². The van der Waals surface area contributed by atoms with Gasteiger partial charge in [-0.2, -0.15) is 0 Å². The molecule has 0 aliphatic rings. The predicted molar refractivity (Wildman–Crippen MR) is 119 cm³/mol. The minimum Gasteiger partial charge on any atom is -0.480 e. The zero-order valence-electron chi connectivity index (χ0n) is 19.3. The van der Waals surface area contributed by atoms with Crippen molar-refractivity contribution in [2.24, 2.45) is 23.3 Å². The van der Waals surface area contributed by atoms with Gasteiger partial charge in [0, 0.05) is 31.7 Å². The lowest BCUT2D eigenvalue weighted by molar-refractivity contribution is -0.143. The minimum absolute atomic E-state index is 0.0972. The van der Waals surface area contributed by atoms with Crippen LogP contribution in [0.15, 0.2) is 0 Å². The molecule has 29 heavy (non-hydrogen) atoms. The van der Waals surface area contributed by atoms with Gasteiger partial charge in [0.05, 0.1) is 6.04 Å². The van der Waals surface area contributed by atoms with Gasteiger partial charge in [-0.25, -0.2) is 4.79 Å². The molecule has 0 aromatic carbocycles. The highest BCUT2D eigenvalue weighted by Crippen LogP contribution is 2.17. The summed E-state index contributed by atoms with van der Waals surface area (Å²) in [7, 11) is 1.94. The van der Waals surface area contributed by atoms with Gasteiger partial charge in [-0.3, -0.25) is 9.69 Å². The second-order valence-electron chi connectivity index (χ2n) is 8.35. The highest BCUT2D eigenvalue weighted by Gasteiger charge is 2.32. The highest BCUT2D eigenvalue weighted by atomic mass is 16.4. The third-order valence-corrected chi connectivity index (χ3v) is 5.88. The Kier molecular flexibility index (Phi) is 14.1. The first-order valence-electron chi connectivity index (χ1n) is 11.0. The maximum atomic E-state index is 13.0. The third kappa shape index (κ3) is 9.89. The van der Waals surface area contributed by atoms with Crippen molar-refractivity contribution in [2.75, 3.05) is 26.7 Å². The second-order valence-corrected chi connectivity index (χ2v) is 8.35. The molecular formula is C21H45N5O3. The monoisotopic (exact) mass is 415 g/mol. The smallest absolute Gasteiger partial charge is 0.326 e. The number of nitrogens with one attached hydrogen (secondary N) is 2. The predicted octanol–water partition coefficient (Wildman–Crippen LogP) is 0.993. The molecule has 0 aliphatic heterocycles. The third-order valence-electron chi connectivity index (χ3n) is 5.88. The molecule has 0 aliphatic carbocycles. The molecule has 8 heteroatoms. The van der Waals surface area contributed by atoms with Crippen LogP contribution in [-0.2, 0) is 9.59 Å². The molecule has 6 atom stereocenters. The highest BCUT2D eigenvalue weighted by molar-refractivity contribution is 5.87. The SMILES string of the molecule is CCC[C@H](NC(=O)C(C(C)CC)N(C)C[C@@H](NC[C@@H](N)CN)C(C)CC)C(=O)O. The van der Waals surface area contributed by atoms with Crippen molar-refractivity contribution in [2.45, 2.75) is 84.5 Å². The molecule has 0 bridgehead atoms. The van der Waals surface area contributed by atoms with E-state index in [1.807, 2.05) is 32.7 Å². The summed E-state index contributed by atoms with van der Waals surface area (Å²) >= 11 is 0. The number of carboxylic acids is 1. The molecule has 7 N–H and O–H groups in total. The molecule has 8 nitrogen and oxygen atoms in total. The number of likely N-dealkylation sites (N-methyl/N-ethyl adjacent to an activating group) is 1.